The third kappa shape index (κ3) is 2.72. The Kier molecular flexibility index (Phi) is 3.71. The first-order valence-corrected chi connectivity index (χ1v) is 6.61. The normalized spacial score (nSPS) is 24.2. The zero-order valence-corrected chi connectivity index (χ0v) is 11.3. The molecule has 100 valence electrons. The molecule has 1 fully saturated rings. The number of hydrogen-bond acceptors (Lipinski definition) is 1. The van der Waals surface area contributed by atoms with E-state index in [1.807, 2.05) is 6.92 Å². The Morgan fingerprint density at radius 2 is 2.06 bits per heavy atom. The van der Waals surface area contributed by atoms with Crippen LogP contribution < -0.4 is 5.32 Å². The van der Waals surface area contributed by atoms with E-state index in [1.165, 1.54) is 25.0 Å². The van der Waals surface area contributed by atoms with E-state index < -0.39 is 0 Å². The summed E-state index contributed by atoms with van der Waals surface area (Å²) in [5.41, 5.74) is 0.649. The lowest BCUT2D eigenvalue weighted by atomic mass is 9.86. The maximum absolute atomic E-state index is 13.7. The van der Waals surface area contributed by atoms with Crippen LogP contribution >= 0.6 is 0 Å². The topological polar surface area (TPSA) is 12.0 Å². The average molecular weight is 253 g/mol. The molecule has 2 atom stereocenters. The number of benzene rings is 1. The molecule has 1 aliphatic carbocycles. The molecule has 1 saturated carbocycles. The number of rotatable bonds is 3. The highest BCUT2D eigenvalue weighted by Gasteiger charge is 2.35. The van der Waals surface area contributed by atoms with Crippen LogP contribution in [0.25, 0.3) is 0 Å². The van der Waals surface area contributed by atoms with Gasteiger partial charge in [0, 0.05) is 17.6 Å². The van der Waals surface area contributed by atoms with E-state index in [4.69, 9.17) is 0 Å². The second-order valence-electron chi connectivity index (χ2n) is 5.99. The fourth-order valence-electron chi connectivity index (χ4n) is 2.87. The quantitative estimate of drug-likeness (QED) is 0.851. The van der Waals surface area contributed by atoms with Crippen molar-refractivity contribution in [1.29, 1.82) is 0 Å². The van der Waals surface area contributed by atoms with Crippen molar-refractivity contribution in [2.45, 2.75) is 52.1 Å². The van der Waals surface area contributed by atoms with Crippen LogP contribution in [0.4, 0.5) is 8.78 Å². The molecule has 2 unspecified atom stereocenters. The minimum Gasteiger partial charge on any atom is -0.307 e. The van der Waals surface area contributed by atoms with Gasteiger partial charge in [-0.3, -0.25) is 0 Å². The van der Waals surface area contributed by atoms with Gasteiger partial charge in [0.15, 0.2) is 0 Å². The molecule has 0 aromatic heterocycles. The van der Waals surface area contributed by atoms with E-state index in [2.05, 4.69) is 19.2 Å². The molecular formula is C15H21F2N. The lowest BCUT2D eigenvalue weighted by Gasteiger charge is -2.31. The second-order valence-corrected chi connectivity index (χ2v) is 5.99. The molecule has 1 aromatic rings. The molecule has 0 heterocycles. The Morgan fingerprint density at radius 3 is 2.67 bits per heavy atom. The molecule has 0 bridgehead atoms. The van der Waals surface area contributed by atoms with Crippen molar-refractivity contribution in [1.82, 2.24) is 5.32 Å². The van der Waals surface area contributed by atoms with E-state index in [0.29, 0.717) is 11.6 Å². The molecule has 0 spiro atoms. The van der Waals surface area contributed by atoms with Gasteiger partial charge in [-0.2, -0.15) is 0 Å². The summed E-state index contributed by atoms with van der Waals surface area (Å²) in [6.07, 6.45) is 3.49. The van der Waals surface area contributed by atoms with E-state index in [1.54, 1.807) is 0 Å². The molecule has 0 radical (unpaired) electrons. The van der Waals surface area contributed by atoms with Crippen LogP contribution in [0, 0.1) is 17.0 Å². The molecule has 2 rings (SSSR count). The maximum atomic E-state index is 13.7. The zero-order chi connectivity index (χ0) is 13.3. The highest BCUT2D eigenvalue weighted by Crippen LogP contribution is 2.38. The van der Waals surface area contributed by atoms with Crippen molar-refractivity contribution in [2.24, 2.45) is 5.41 Å². The summed E-state index contributed by atoms with van der Waals surface area (Å²) in [6.45, 7) is 6.35. The van der Waals surface area contributed by atoms with Gasteiger partial charge in [0.25, 0.3) is 0 Å². The number of nitrogens with one attached hydrogen (secondary N) is 1. The summed E-state index contributed by atoms with van der Waals surface area (Å²) in [6, 6.07) is 3.85. The van der Waals surface area contributed by atoms with Crippen LogP contribution in [-0.4, -0.2) is 6.04 Å². The van der Waals surface area contributed by atoms with Gasteiger partial charge in [-0.1, -0.05) is 20.3 Å². The van der Waals surface area contributed by atoms with Gasteiger partial charge in [-0.25, -0.2) is 8.78 Å². The van der Waals surface area contributed by atoms with E-state index in [9.17, 15) is 8.78 Å². The monoisotopic (exact) mass is 253 g/mol. The van der Waals surface area contributed by atoms with Crippen LogP contribution in [-0.2, 0) is 0 Å². The average Bonchev–Trinajstić information content (AvgIpc) is 2.62. The Bertz CT molecular complexity index is 429. The Balaban J connectivity index is 2.12. The highest BCUT2D eigenvalue weighted by molar-refractivity contribution is 5.22. The Morgan fingerprint density at radius 1 is 1.33 bits per heavy atom. The first kappa shape index (κ1) is 13.5. The lowest BCUT2D eigenvalue weighted by molar-refractivity contribution is 0.264. The van der Waals surface area contributed by atoms with Crippen LogP contribution in [0.1, 0.15) is 51.6 Å². The SMILES string of the molecule is CC(NC1CCCC1(C)C)c1cc(F)ccc1F. The van der Waals surface area contributed by atoms with E-state index in [-0.39, 0.29) is 23.1 Å². The number of hydrogen-bond donors (Lipinski definition) is 1. The lowest BCUT2D eigenvalue weighted by Crippen LogP contribution is -2.39. The van der Waals surface area contributed by atoms with Gasteiger partial charge in [-0.15, -0.1) is 0 Å². The summed E-state index contributed by atoms with van der Waals surface area (Å²) >= 11 is 0. The van der Waals surface area contributed by atoms with Crippen LogP contribution in [0.5, 0.6) is 0 Å². The second kappa shape index (κ2) is 4.96. The summed E-state index contributed by atoms with van der Waals surface area (Å²) in [7, 11) is 0. The van der Waals surface area contributed by atoms with Crippen LogP contribution in [0.3, 0.4) is 0 Å². The zero-order valence-electron chi connectivity index (χ0n) is 11.3. The van der Waals surface area contributed by atoms with Gasteiger partial charge in [0.1, 0.15) is 11.6 Å². The maximum Gasteiger partial charge on any atom is 0.128 e. The van der Waals surface area contributed by atoms with Crippen molar-refractivity contribution < 1.29 is 8.78 Å². The van der Waals surface area contributed by atoms with Crippen LogP contribution in [0.15, 0.2) is 18.2 Å². The molecule has 1 aliphatic rings. The van der Waals surface area contributed by atoms with Crippen molar-refractivity contribution in [3.63, 3.8) is 0 Å². The van der Waals surface area contributed by atoms with Crippen molar-refractivity contribution in [3.8, 4) is 0 Å². The van der Waals surface area contributed by atoms with Crippen molar-refractivity contribution >= 4 is 0 Å². The Labute approximate surface area is 108 Å². The first-order chi connectivity index (χ1) is 8.40. The minimum absolute atomic E-state index is 0.164. The van der Waals surface area contributed by atoms with Gasteiger partial charge in [0.2, 0.25) is 0 Å². The Hall–Kier alpha value is -0.960. The molecule has 3 heteroatoms. The third-order valence-electron chi connectivity index (χ3n) is 4.13. The van der Waals surface area contributed by atoms with Crippen LogP contribution in [0.2, 0.25) is 0 Å². The minimum atomic E-state index is -0.384. The molecule has 18 heavy (non-hydrogen) atoms. The smallest absolute Gasteiger partial charge is 0.128 e. The summed E-state index contributed by atoms with van der Waals surface area (Å²) in [4.78, 5) is 0. The van der Waals surface area contributed by atoms with Crippen molar-refractivity contribution in [2.75, 3.05) is 0 Å². The van der Waals surface area contributed by atoms with E-state index in [0.717, 1.165) is 12.5 Å². The standard InChI is InChI=1S/C15H21F2N/c1-10(12-9-11(16)6-7-13(12)17)18-14-5-4-8-15(14,2)3/h6-7,9-10,14,18H,4-5,8H2,1-3H3. The first-order valence-electron chi connectivity index (χ1n) is 6.61. The van der Waals surface area contributed by atoms with Gasteiger partial charge in [-0.05, 0) is 43.4 Å². The number of halogens is 2. The van der Waals surface area contributed by atoms with Gasteiger partial charge < -0.3 is 5.32 Å². The fourth-order valence-corrected chi connectivity index (χ4v) is 2.87. The molecule has 1 aromatic carbocycles. The molecule has 0 amide bonds. The highest BCUT2D eigenvalue weighted by atomic mass is 19.1. The fraction of sp³-hybridized carbons (Fsp3) is 0.600. The summed E-state index contributed by atoms with van der Waals surface area (Å²) < 4.78 is 26.9. The molecular weight excluding hydrogens is 232 g/mol. The van der Waals surface area contributed by atoms with E-state index >= 15 is 0 Å². The predicted octanol–water partition coefficient (Wildman–Crippen LogP) is 4.19. The third-order valence-corrected chi connectivity index (χ3v) is 4.13. The predicted molar refractivity (Wildman–Crippen MR) is 69.3 cm³/mol. The summed E-state index contributed by atoms with van der Waals surface area (Å²) in [5, 5.41) is 3.45. The molecule has 1 N–H and O–H groups in total. The van der Waals surface area contributed by atoms with Gasteiger partial charge in [0.05, 0.1) is 0 Å². The van der Waals surface area contributed by atoms with Gasteiger partial charge >= 0.3 is 0 Å². The molecule has 1 nitrogen and oxygen atoms in total. The summed E-state index contributed by atoms with van der Waals surface area (Å²) in [5.74, 6) is -0.724. The molecule has 0 aliphatic heterocycles. The largest absolute Gasteiger partial charge is 0.307 e. The molecule has 0 saturated heterocycles. The van der Waals surface area contributed by atoms with Crippen molar-refractivity contribution in [3.05, 3.63) is 35.4 Å².